The van der Waals surface area contributed by atoms with Crippen LogP contribution in [0.15, 0.2) is 72.8 Å². The standard InChI is InChI=1S/C26H23F2N3O3/c1-16(29-23(32)13-17-11-20(27)15-21(28)12-17)26(34)30-31-24(33)14-19-9-5-6-10-22(19)25(31)18-7-3-2-4-8-18/h2-12,15-16,25H,13-14H2,1H3,(H,29,32)(H,30,34)/t16-,25?/m0/s1. The Morgan fingerprint density at radius 1 is 1.00 bits per heavy atom. The smallest absolute Gasteiger partial charge is 0.260 e. The minimum absolute atomic E-state index is 0.131. The van der Waals surface area contributed by atoms with Crippen molar-refractivity contribution >= 4 is 17.7 Å². The van der Waals surface area contributed by atoms with Crippen LogP contribution in [0.2, 0.25) is 0 Å². The Hall–Kier alpha value is -4.07. The zero-order valence-electron chi connectivity index (χ0n) is 18.4. The fourth-order valence-electron chi connectivity index (χ4n) is 4.06. The molecule has 3 aromatic carbocycles. The van der Waals surface area contributed by atoms with Crippen molar-refractivity contribution in [2.45, 2.75) is 31.8 Å². The lowest BCUT2D eigenvalue weighted by molar-refractivity contribution is -0.145. The Morgan fingerprint density at radius 3 is 2.35 bits per heavy atom. The molecule has 34 heavy (non-hydrogen) atoms. The molecular weight excluding hydrogens is 440 g/mol. The number of amides is 3. The van der Waals surface area contributed by atoms with Crippen LogP contribution in [0.1, 0.15) is 35.2 Å². The average Bonchev–Trinajstić information content (AvgIpc) is 2.79. The zero-order chi connectivity index (χ0) is 24.2. The second-order valence-electron chi connectivity index (χ2n) is 8.17. The van der Waals surface area contributed by atoms with E-state index in [9.17, 15) is 23.2 Å². The molecule has 0 fully saturated rings. The minimum atomic E-state index is -0.993. The fraction of sp³-hybridized carbons (Fsp3) is 0.192. The molecule has 0 aromatic heterocycles. The van der Waals surface area contributed by atoms with Crippen LogP contribution >= 0.6 is 0 Å². The largest absolute Gasteiger partial charge is 0.344 e. The predicted octanol–water partition coefficient (Wildman–Crippen LogP) is 3.22. The molecule has 0 radical (unpaired) electrons. The first-order valence-electron chi connectivity index (χ1n) is 10.8. The molecule has 0 spiro atoms. The van der Waals surface area contributed by atoms with Crippen molar-refractivity contribution < 1.29 is 23.2 Å². The van der Waals surface area contributed by atoms with Gasteiger partial charge in [-0.25, -0.2) is 13.8 Å². The van der Waals surface area contributed by atoms with Gasteiger partial charge in [0.05, 0.1) is 12.8 Å². The lowest BCUT2D eigenvalue weighted by Crippen LogP contribution is -2.56. The highest BCUT2D eigenvalue weighted by atomic mass is 19.1. The maximum absolute atomic E-state index is 13.4. The van der Waals surface area contributed by atoms with Gasteiger partial charge in [-0.3, -0.25) is 19.8 Å². The summed E-state index contributed by atoms with van der Waals surface area (Å²) >= 11 is 0. The van der Waals surface area contributed by atoms with Gasteiger partial charge in [0.15, 0.2) is 0 Å². The molecule has 2 N–H and O–H groups in total. The number of nitrogens with zero attached hydrogens (tertiary/aromatic N) is 1. The third-order valence-corrected chi connectivity index (χ3v) is 5.62. The summed E-state index contributed by atoms with van der Waals surface area (Å²) in [6, 6.07) is 18.2. The topological polar surface area (TPSA) is 78.5 Å². The van der Waals surface area contributed by atoms with Crippen LogP contribution in [0.25, 0.3) is 0 Å². The molecule has 0 bridgehead atoms. The number of carbonyl (C=O) groups is 3. The van der Waals surface area contributed by atoms with E-state index in [1.165, 1.54) is 11.9 Å². The molecule has 8 heteroatoms. The first-order chi connectivity index (χ1) is 16.3. The highest BCUT2D eigenvalue weighted by Crippen LogP contribution is 2.34. The van der Waals surface area contributed by atoms with E-state index >= 15 is 0 Å². The molecule has 0 saturated heterocycles. The van der Waals surface area contributed by atoms with E-state index in [0.29, 0.717) is 6.07 Å². The van der Waals surface area contributed by atoms with Crippen LogP contribution in [0.4, 0.5) is 8.78 Å². The highest BCUT2D eigenvalue weighted by molar-refractivity contribution is 5.90. The lowest BCUT2D eigenvalue weighted by atomic mass is 9.89. The van der Waals surface area contributed by atoms with Crippen molar-refractivity contribution in [2.75, 3.05) is 0 Å². The van der Waals surface area contributed by atoms with Gasteiger partial charge < -0.3 is 5.32 Å². The number of hydrogen-bond acceptors (Lipinski definition) is 3. The maximum Gasteiger partial charge on any atom is 0.260 e. The van der Waals surface area contributed by atoms with Gasteiger partial charge in [0.1, 0.15) is 23.7 Å². The monoisotopic (exact) mass is 463 g/mol. The van der Waals surface area contributed by atoms with Gasteiger partial charge in [-0.1, -0.05) is 54.6 Å². The molecule has 2 atom stereocenters. The van der Waals surface area contributed by atoms with Crippen LogP contribution in [0.3, 0.4) is 0 Å². The molecule has 3 aromatic rings. The van der Waals surface area contributed by atoms with Gasteiger partial charge in [-0.05, 0) is 41.3 Å². The Balaban J connectivity index is 1.49. The van der Waals surface area contributed by atoms with E-state index in [1.807, 2.05) is 54.6 Å². The summed E-state index contributed by atoms with van der Waals surface area (Å²) < 4.78 is 26.8. The van der Waals surface area contributed by atoms with Crippen LogP contribution in [0.5, 0.6) is 0 Å². The minimum Gasteiger partial charge on any atom is -0.344 e. The second-order valence-corrected chi connectivity index (χ2v) is 8.17. The molecule has 4 rings (SSSR count). The van der Waals surface area contributed by atoms with Crippen molar-refractivity contribution in [2.24, 2.45) is 0 Å². The zero-order valence-corrected chi connectivity index (χ0v) is 18.4. The van der Waals surface area contributed by atoms with Crippen molar-refractivity contribution in [1.82, 2.24) is 15.8 Å². The summed E-state index contributed by atoms with van der Waals surface area (Å²) in [5.74, 6) is -3.03. The first kappa shape index (κ1) is 23.1. The van der Waals surface area contributed by atoms with Crippen molar-refractivity contribution in [3.8, 4) is 0 Å². The number of carbonyl (C=O) groups excluding carboxylic acids is 3. The summed E-state index contributed by atoms with van der Waals surface area (Å²) in [5.41, 5.74) is 5.42. The fourth-order valence-corrected chi connectivity index (χ4v) is 4.06. The van der Waals surface area contributed by atoms with Gasteiger partial charge in [0.2, 0.25) is 11.8 Å². The van der Waals surface area contributed by atoms with E-state index in [2.05, 4.69) is 10.7 Å². The number of hydrogen-bond donors (Lipinski definition) is 2. The van der Waals surface area contributed by atoms with Crippen LogP contribution < -0.4 is 10.7 Å². The summed E-state index contributed by atoms with van der Waals surface area (Å²) in [6.45, 7) is 1.47. The summed E-state index contributed by atoms with van der Waals surface area (Å²) in [4.78, 5) is 38.2. The Morgan fingerprint density at radius 2 is 1.65 bits per heavy atom. The van der Waals surface area contributed by atoms with Gasteiger partial charge >= 0.3 is 0 Å². The summed E-state index contributed by atoms with van der Waals surface area (Å²) in [7, 11) is 0. The normalized spacial score (nSPS) is 15.9. The van der Waals surface area contributed by atoms with Crippen molar-refractivity contribution in [1.29, 1.82) is 0 Å². The average molecular weight is 463 g/mol. The number of halogens is 2. The lowest BCUT2D eigenvalue weighted by Gasteiger charge is -2.37. The van der Waals surface area contributed by atoms with E-state index in [1.54, 1.807) is 0 Å². The number of nitrogens with one attached hydrogen (secondary N) is 2. The van der Waals surface area contributed by atoms with E-state index in [0.717, 1.165) is 28.8 Å². The molecule has 3 amide bonds. The Labute approximate surface area is 195 Å². The number of fused-ring (bicyclic) bond motifs is 1. The number of rotatable bonds is 6. The third-order valence-electron chi connectivity index (χ3n) is 5.62. The quantitative estimate of drug-likeness (QED) is 0.589. The maximum atomic E-state index is 13.4. The van der Waals surface area contributed by atoms with Gasteiger partial charge in [0, 0.05) is 6.07 Å². The molecule has 1 aliphatic rings. The van der Waals surface area contributed by atoms with Crippen LogP contribution in [0, 0.1) is 11.6 Å². The molecule has 1 unspecified atom stereocenters. The van der Waals surface area contributed by atoms with Crippen LogP contribution in [-0.2, 0) is 27.2 Å². The Bertz CT molecular complexity index is 1210. The molecule has 0 saturated carbocycles. The molecule has 0 aliphatic carbocycles. The van der Waals surface area contributed by atoms with Gasteiger partial charge in [-0.2, -0.15) is 0 Å². The SMILES string of the molecule is C[C@H](NC(=O)Cc1cc(F)cc(F)c1)C(=O)NN1C(=O)Cc2ccccc2C1c1ccccc1. The molecular formula is C26H23F2N3O3. The van der Waals surface area contributed by atoms with Gasteiger partial charge in [0.25, 0.3) is 5.91 Å². The molecule has 1 heterocycles. The Kier molecular flexibility index (Phi) is 6.67. The van der Waals surface area contributed by atoms with Crippen LogP contribution in [-0.4, -0.2) is 28.8 Å². The highest BCUT2D eigenvalue weighted by Gasteiger charge is 2.35. The third kappa shape index (κ3) is 5.11. The molecule has 174 valence electrons. The first-order valence-corrected chi connectivity index (χ1v) is 10.8. The summed E-state index contributed by atoms with van der Waals surface area (Å²) in [5, 5.41) is 3.81. The van der Waals surface area contributed by atoms with Gasteiger partial charge in [-0.15, -0.1) is 0 Å². The van der Waals surface area contributed by atoms with E-state index in [-0.39, 0.29) is 24.3 Å². The van der Waals surface area contributed by atoms with Crippen molar-refractivity contribution in [3.63, 3.8) is 0 Å². The van der Waals surface area contributed by atoms with Crippen molar-refractivity contribution in [3.05, 3.63) is 107 Å². The summed E-state index contributed by atoms with van der Waals surface area (Å²) in [6.07, 6.45) is -0.166. The van der Waals surface area contributed by atoms with E-state index < -0.39 is 35.5 Å². The molecule has 1 aliphatic heterocycles. The number of hydrazine groups is 1. The van der Waals surface area contributed by atoms with E-state index in [4.69, 9.17) is 0 Å². The molecule has 6 nitrogen and oxygen atoms in total. The second kappa shape index (κ2) is 9.82. The predicted molar refractivity (Wildman–Crippen MR) is 121 cm³/mol. The number of benzene rings is 3.